The predicted octanol–water partition coefficient (Wildman–Crippen LogP) is 1.65. The molecule has 1 aliphatic carbocycles. The van der Waals surface area contributed by atoms with Gasteiger partial charge >= 0.3 is 0 Å². The molecule has 0 aromatic rings. The van der Waals surface area contributed by atoms with E-state index in [9.17, 15) is 9.79 Å². The van der Waals surface area contributed by atoms with Crippen LogP contribution in [0.3, 0.4) is 0 Å². The normalized spacial score (nSPS) is 20.2. The SMILES string of the molecule is CCCO[P+]([O-])=C1C=CC=CC1=[P+]([O-])OCCC. The van der Waals surface area contributed by atoms with Crippen molar-refractivity contribution in [3.63, 3.8) is 0 Å². The fourth-order valence-corrected chi connectivity index (χ4v) is 3.66. The first-order valence-electron chi connectivity index (χ1n) is 6.00. The number of hydrogen-bond donors (Lipinski definition) is 0. The molecule has 0 aromatic carbocycles. The van der Waals surface area contributed by atoms with Crippen LogP contribution in [0.2, 0.25) is 0 Å². The van der Waals surface area contributed by atoms with Gasteiger partial charge in [-0.2, -0.15) is 9.05 Å². The van der Waals surface area contributed by atoms with Crippen LogP contribution in [-0.4, -0.2) is 23.8 Å². The minimum absolute atomic E-state index is 0.427. The zero-order chi connectivity index (χ0) is 13.4. The van der Waals surface area contributed by atoms with Crippen LogP contribution in [0.5, 0.6) is 0 Å². The zero-order valence-corrected chi connectivity index (χ0v) is 12.5. The van der Waals surface area contributed by atoms with Crippen molar-refractivity contribution in [3.8, 4) is 0 Å². The molecule has 0 radical (unpaired) electrons. The second-order valence-corrected chi connectivity index (χ2v) is 6.18. The Bertz CT molecular complexity index is 359. The molecule has 0 saturated carbocycles. The van der Waals surface area contributed by atoms with Gasteiger partial charge in [0.1, 0.15) is 0 Å². The average molecular weight is 288 g/mol. The van der Waals surface area contributed by atoms with Crippen molar-refractivity contribution in [1.29, 1.82) is 0 Å². The molecule has 18 heavy (non-hydrogen) atoms. The van der Waals surface area contributed by atoms with E-state index in [1.807, 2.05) is 13.8 Å². The molecule has 0 bridgehead atoms. The highest BCUT2D eigenvalue weighted by atomic mass is 31.1. The Morgan fingerprint density at radius 3 is 1.61 bits per heavy atom. The summed E-state index contributed by atoms with van der Waals surface area (Å²) in [5.41, 5.74) is 0. The maximum Gasteiger partial charge on any atom is 0.233 e. The Morgan fingerprint density at radius 1 is 0.889 bits per heavy atom. The monoisotopic (exact) mass is 288 g/mol. The second kappa shape index (κ2) is 8.71. The molecule has 0 N–H and O–H groups in total. The zero-order valence-electron chi connectivity index (χ0n) is 10.7. The first-order chi connectivity index (χ1) is 8.70. The molecule has 4 nitrogen and oxygen atoms in total. The van der Waals surface area contributed by atoms with Gasteiger partial charge in [-0.15, -0.1) is 0 Å². The van der Waals surface area contributed by atoms with Crippen LogP contribution in [0.15, 0.2) is 24.3 Å². The van der Waals surface area contributed by atoms with Gasteiger partial charge in [-0.3, -0.25) is 0 Å². The first kappa shape index (κ1) is 15.7. The van der Waals surface area contributed by atoms with E-state index in [2.05, 4.69) is 0 Å². The van der Waals surface area contributed by atoms with E-state index < -0.39 is 16.0 Å². The molecule has 0 saturated heterocycles. The van der Waals surface area contributed by atoms with Gasteiger partial charge in [-0.1, -0.05) is 26.0 Å². The van der Waals surface area contributed by atoms with Gasteiger partial charge in [0.05, 0.1) is 13.2 Å². The smallest absolute Gasteiger partial charge is 0.233 e. The fourth-order valence-electron chi connectivity index (χ4n) is 1.26. The van der Waals surface area contributed by atoms with E-state index in [-0.39, 0.29) is 0 Å². The summed E-state index contributed by atoms with van der Waals surface area (Å²) in [6.45, 7) is 4.74. The summed E-state index contributed by atoms with van der Waals surface area (Å²) < 4.78 is 10.4. The molecule has 6 heteroatoms. The Morgan fingerprint density at radius 2 is 1.28 bits per heavy atom. The third-order valence-corrected chi connectivity index (χ3v) is 4.68. The molecule has 0 aromatic heterocycles. The summed E-state index contributed by atoms with van der Waals surface area (Å²) in [6, 6.07) is 0. The highest BCUT2D eigenvalue weighted by Crippen LogP contribution is 2.26. The maximum atomic E-state index is 11.9. The standard InChI is InChI=1S/C12H18O4P2/c1-3-9-15-17(13)11-7-5-6-8-12(11)18(14)16-10-4-2/h5-8H,3-4,9-10H2,1-2H3. The largest absolute Gasteiger partial charge is 0.602 e. The van der Waals surface area contributed by atoms with Crippen LogP contribution in [-0.2, 0) is 9.05 Å². The molecule has 0 heterocycles. The van der Waals surface area contributed by atoms with Crippen molar-refractivity contribution >= 4 is 26.6 Å². The van der Waals surface area contributed by atoms with Crippen molar-refractivity contribution in [3.05, 3.63) is 24.3 Å². The summed E-state index contributed by atoms with van der Waals surface area (Å²) in [4.78, 5) is 23.9. The average Bonchev–Trinajstić information content (AvgIpc) is 2.42. The number of hydrogen-bond acceptors (Lipinski definition) is 4. The summed E-state index contributed by atoms with van der Waals surface area (Å²) in [5.74, 6) is 0. The van der Waals surface area contributed by atoms with Gasteiger partial charge < -0.3 is 9.79 Å². The lowest BCUT2D eigenvalue weighted by Crippen LogP contribution is -2.17. The van der Waals surface area contributed by atoms with Crippen molar-refractivity contribution in [1.82, 2.24) is 0 Å². The second-order valence-electron chi connectivity index (χ2n) is 3.67. The Hall–Kier alpha value is -0.340. The molecular formula is C12H18O4P2. The molecule has 0 fully saturated rings. The van der Waals surface area contributed by atoms with E-state index >= 15 is 0 Å². The van der Waals surface area contributed by atoms with Gasteiger partial charge in [0.2, 0.25) is 26.6 Å². The minimum Gasteiger partial charge on any atom is -0.602 e. The first-order valence-corrected chi connectivity index (χ1v) is 8.35. The van der Waals surface area contributed by atoms with Gasteiger partial charge in [0.15, 0.2) is 0 Å². The van der Waals surface area contributed by atoms with E-state index in [0.717, 1.165) is 12.8 Å². The minimum atomic E-state index is -1.96. The molecule has 1 rings (SSSR count). The molecule has 0 aliphatic heterocycles. The number of allylic oxidation sites excluding steroid dienone is 4. The third-order valence-electron chi connectivity index (χ3n) is 2.10. The van der Waals surface area contributed by atoms with Crippen molar-refractivity contribution in [2.24, 2.45) is 0 Å². The molecule has 0 spiro atoms. The van der Waals surface area contributed by atoms with E-state index in [1.165, 1.54) is 0 Å². The molecule has 2 atom stereocenters. The topological polar surface area (TPSA) is 64.6 Å². The molecule has 1 aliphatic rings. The van der Waals surface area contributed by atoms with Gasteiger partial charge in [-0.05, 0) is 25.0 Å². The lowest BCUT2D eigenvalue weighted by molar-refractivity contribution is -0.173. The van der Waals surface area contributed by atoms with Crippen LogP contribution >= 0.6 is 16.0 Å². The Labute approximate surface area is 110 Å². The Kier molecular flexibility index (Phi) is 7.60. The van der Waals surface area contributed by atoms with Crippen LogP contribution in [0.4, 0.5) is 0 Å². The van der Waals surface area contributed by atoms with E-state index in [1.54, 1.807) is 24.3 Å². The lowest BCUT2D eigenvalue weighted by Gasteiger charge is -2.06. The van der Waals surface area contributed by atoms with Crippen molar-refractivity contribution in [2.45, 2.75) is 26.7 Å². The van der Waals surface area contributed by atoms with Gasteiger partial charge in [0.25, 0.3) is 0 Å². The quantitative estimate of drug-likeness (QED) is 0.697. The van der Waals surface area contributed by atoms with E-state index in [4.69, 9.17) is 9.05 Å². The molecule has 0 amide bonds. The summed E-state index contributed by atoms with van der Waals surface area (Å²) >= 11 is 0. The molecule has 2 unspecified atom stereocenters. The molecule has 100 valence electrons. The fraction of sp³-hybridized carbons (Fsp3) is 0.500. The maximum absolute atomic E-state index is 11.9. The highest BCUT2D eigenvalue weighted by molar-refractivity contribution is 7.59. The van der Waals surface area contributed by atoms with Crippen molar-refractivity contribution in [2.75, 3.05) is 13.2 Å². The molecular weight excluding hydrogens is 270 g/mol. The van der Waals surface area contributed by atoms with Crippen LogP contribution < -0.4 is 9.79 Å². The van der Waals surface area contributed by atoms with Crippen LogP contribution in [0, 0.1) is 0 Å². The number of rotatable bonds is 6. The highest BCUT2D eigenvalue weighted by Gasteiger charge is 2.24. The summed E-state index contributed by atoms with van der Waals surface area (Å²) in [5, 5.41) is 0.941. The third kappa shape index (κ3) is 4.74. The van der Waals surface area contributed by atoms with E-state index in [0.29, 0.717) is 23.8 Å². The van der Waals surface area contributed by atoms with Crippen molar-refractivity contribution < 1.29 is 18.8 Å². The Balaban J connectivity index is 2.93. The summed E-state index contributed by atoms with van der Waals surface area (Å²) in [6.07, 6.45) is 8.44. The van der Waals surface area contributed by atoms with Crippen LogP contribution in [0.25, 0.3) is 0 Å². The lowest BCUT2D eigenvalue weighted by atomic mass is 10.2. The summed E-state index contributed by atoms with van der Waals surface area (Å²) in [7, 11) is -3.93. The predicted molar refractivity (Wildman–Crippen MR) is 74.6 cm³/mol. The van der Waals surface area contributed by atoms with Gasteiger partial charge in [-0.25, -0.2) is 0 Å². The van der Waals surface area contributed by atoms with Gasteiger partial charge in [0, 0.05) is 0 Å². The van der Waals surface area contributed by atoms with Crippen LogP contribution in [0.1, 0.15) is 26.7 Å².